The molecule has 0 N–H and O–H groups in total. The number of ether oxygens (including phenoxy) is 2. The fraction of sp³-hybridized carbons (Fsp3) is 0.500. The largest absolute Gasteiger partial charge is 0.463 e. The Morgan fingerprint density at radius 2 is 1.86 bits per heavy atom. The Morgan fingerprint density at radius 3 is 2.46 bits per heavy atom. The Morgan fingerprint density at radius 1 is 1.21 bits per heavy atom. The first-order valence-corrected chi connectivity index (χ1v) is 11.0. The first-order valence-electron chi connectivity index (χ1n) is 9.55. The van der Waals surface area contributed by atoms with Crippen molar-refractivity contribution in [3.8, 4) is 0 Å². The molecular formula is C20H25NO6S. The molecule has 2 fully saturated rings. The highest BCUT2D eigenvalue weighted by Gasteiger charge is 2.48. The summed E-state index contributed by atoms with van der Waals surface area (Å²) in [6, 6.07) is 6.19. The lowest BCUT2D eigenvalue weighted by molar-refractivity contribution is -0.137. The zero-order valence-electron chi connectivity index (χ0n) is 16.1. The maximum Gasteiger partial charge on any atom is 0.429 e. The van der Waals surface area contributed by atoms with Crippen LogP contribution in [0.4, 0.5) is 4.79 Å². The number of hydrogen-bond donors (Lipinski definition) is 0. The monoisotopic (exact) mass is 407 g/mol. The van der Waals surface area contributed by atoms with E-state index in [2.05, 4.69) is 0 Å². The van der Waals surface area contributed by atoms with Crippen LogP contribution < -0.4 is 0 Å². The zero-order valence-corrected chi connectivity index (χ0v) is 16.9. The molecule has 8 heteroatoms. The van der Waals surface area contributed by atoms with E-state index >= 15 is 0 Å². The quantitative estimate of drug-likeness (QED) is 0.548. The predicted molar refractivity (Wildman–Crippen MR) is 102 cm³/mol. The second kappa shape index (κ2) is 8.34. The van der Waals surface area contributed by atoms with E-state index in [0.717, 1.165) is 43.7 Å². The Kier molecular flexibility index (Phi) is 6.07. The van der Waals surface area contributed by atoms with Crippen LogP contribution in [-0.4, -0.2) is 37.5 Å². The number of aryl methyl sites for hydroxylation is 1. The zero-order chi connectivity index (χ0) is 20.3. The number of esters is 1. The van der Waals surface area contributed by atoms with Gasteiger partial charge < -0.3 is 9.47 Å². The molecule has 1 aliphatic carbocycles. The van der Waals surface area contributed by atoms with E-state index in [9.17, 15) is 18.0 Å². The minimum atomic E-state index is -4.20. The molecule has 7 nitrogen and oxygen atoms in total. The molecule has 1 atom stereocenters. The number of carbonyl (C=O) groups is 2. The van der Waals surface area contributed by atoms with E-state index in [4.69, 9.17) is 9.47 Å². The summed E-state index contributed by atoms with van der Waals surface area (Å²) in [5, 5.41) is 0. The van der Waals surface area contributed by atoms with Crippen molar-refractivity contribution in [3.63, 3.8) is 0 Å². The van der Waals surface area contributed by atoms with Gasteiger partial charge >= 0.3 is 12.1 Å². The maximum atomic E-state index is 13.2. The van der Waals surface area contributed by atoms with E-state index in [1.807, 2.05) is 6.92 Å². The molecule has 0 aromatic heterocycles. The summed E-state index contributed by atoms with van der Waals surface area (Å²) >= 11 is 0. The molecule has 1 saturated carbocycles. The topological polar surface area (TPSA) is 90.0 Å². The van der Waals surface area contributed by atoms with Gasteiger partial charge in [-0.3, -0.25) is 0 Å². The fourth-order valence-corrected chi connectivity index (χ4v) is 5.07. The van der Waals surface area contributed by atoms with Gasteiger partial charge in [-0.25, -0.2) is 18.0 Å². The van der Waals surface area contributed by atoms with Gasteiger partial charge in [0, 0.05) is 12.0 Å². The van der Waals surface area contributed by atoms with Crippen molar-refractivity contribution in [1.29, 1.82) is 0 Å². The molecule has 0 radical (unpaired) electrons. The lowest BCUT2D eigenvalue weighted by Crippen LogP contribution is -2.33. The number of nitrogens with zero attached hydrogens (tertiary/aromatic N) is 1. The summed E-state index contributed by atoms with van der Waals surface area (Å²) in [5.74, 6) is -0.711. The van der Waals surface area contributed by atoms with Crippen molar-refractivity contribution in [3.05, 3.63) is 41.6 Å². The number of amides is 1. The van der Waals surface area contributed by atoms with Crippen molar-refractivity contribution >= 4 is 22.1 Å². The minimum absolute atomic E-state index is 0.0170. The lowest BCUT2D eigenvalue weighted by atomic mass is 9.84. The van der Waals surface area contributed by atoms with Gasteiger partial charge in [-0.05, 0) is 38.8 Å². The summed E-state index contributed by atoms with van der Waals surface area (Å²) in [7, 11) is -4.20. The van der Waals surface area contributed by atoms with Gasteiger partial charge in [0.2, 0.25) is 0 Å². The molecule has 0 spiro atoms. The molecule has 1 amide bonds. The highest BCUT2D eigenvalue weighted by molar-refractivity contribution is 7.89. The van der Waals surface area contributed by atoms with E-state index in [-0.39, 0.29) is 23.1 Å². The van der Waals surface area contributed by atoms with Crippen LogP contribution >= 0.6 is 0 Å². The average Bonchev–Trinajstić information content (AvgIpc) is 2.99. The summed E-state index contributed by atoms with van der Waals surface area (Å²) in [5.41, 5.74) is 0.932. The number of hydrogen-bond acceptors (Lipinski definition) is 6. The van der Waals surface area contributed by atoms with Crippen LogP contribution in [-0.2, 0) is 24.3 Å². The molecule has 1 aromatic rings. The highest BCUT2D eigenvalue weighted by Crippen LogP contribution is 2.39. The lowest BCUT2D eigenvalue weighted by Gasteiger charge is -2.26. The van der Waals surface area contributed by atoms with Gasteiger partial charge in [0.15, 0.2) is 0 Å². The van der Waals surface area contributed by atoms with Crippen LogP contribution in [0.1, 0.15) is 44.6 Å². The summed E-state index contributed by atoms with van der Waals surface area (Å²) in [4.78, 5) is 24.7. The number of rotatable bonds is 5. The Hall–Kier alpha value is -2.35. The second-order valence-electron chi connectivity index (χ2n) is 7.11. The maximum absolute atomic E-state index is 13.2. The van der Waals surface area contributed by atoms with Crippen molar-refractivity contribution in [2.24, 2.45) is 5.92 Å². The van der Waals surface area contributed by atoms with Crippen LogP contribution in [0, 0.1) is 12.8 Å². The van der Waals surface area contributed by atoms with Crippen LogP contribution in [0.15, 0.2) is 40.9 Å². The Bertz CT molecular complexity index is 868. The molecule has 1 aromatic carbocycles. The molecule has 3 rings (SSSR count). The molecule has 152 valence electrons. The molecule has 0 bridgehead atoms. The first-order chi connectivity index (χ1) is 13.3. The van der Waals surface area contributed by atoms with E-state index < -0.39 is 28.2 Å². The molecule has 0 unspecified atom stereocenters. The summed E-state index contributed by atoms with van der Waals surface area (Å²) in [6.45, 7) is 3.65. The minimum Gasteiger partial charge on any atom is -0.463 e. The molecule has 2 aliphatic rings. The van der Waals surface area contributed by atoms with Crippen LogP contribution in [0.25, 0.3) is 0 Å². The van der Waals surface area contributed by atoms with Crippen LogP contribution in [0.5, 0.6) is 0 Å². The standard InChI is InChI=1S/C20H25NO6S/c1-3-26-18(22)13-17-19(15-7-5-4-6-8-15)27-20(23)21(17)28(24,25)16-11-9-14(2)10-12-16/h9-13,15,19H,3-8H2,1-2H3/b17-13+/t19-/m1/s1. The van der Waals surface area contributed by atoms with Gasteiger partial charge in [-0.1, -0.05) is 37.0 Å². The molecule has 28 heavy (non-hydrogen) atoms. The molecule has 1 aliphatic heterocycles. The third-order valence-electron chi connectivity index (χ3n) is 5.11. The van der Waals surface area contributed by atoms with Crippen molar-refractivity contribution in [2.45, 2.75) is 57.0 Å². The van der Waals surface area contributed by atoms with Gasteiger partial charge in [-0.2, -0.15) is 4.31 Å². The van der Waals surface area contributed by atoms with Crippen LogP contribution in [0.2, 0.25) is 0 Å². The number of benzene rings is 1. The van der Waals surface area contributed by atoms with Gasteiger partial charge in [0.05, 0.1) is 17.2 Å². The van der Waals surface area contributed by atoms with E-state index in [0.29, 0.717) is 4.31 Å². The van der Waals surface area contributed by atoms with Crippen molar-refractivity contribution in [2.75, 3.05) is 6.61 Å². The van der Waals surface area contributed by atoms with Crippen molar-refractivity contribution in [1.82, 2.24) is 4.31 Å². The highest BCUT2D eigenvalue weighted by atomic mass is 32.2. The second-order valence-corrected chi connectivity index (χ2v) is 8.89. The van der Waals surface area contributed by atoms with Crippen LogP contribution in [0.3, 0.4) is 0 Å². The van der Waals surface area contributed by atoms with Crippen molar-refractivity contribution < 1.29 is 27.5 Å². The normalized spacial score (nSPS) is 22.4. The number of sulfonamides is 1. The number of carbonyl (C=O) groups excluding carboxylic acids is 2. The molecule has 1 saturated heterocycles. The third-order valence-corrected chi connectivity index (χ3v) is 6.82. The smallest absolute Gasteiger partial charge is 0.429 e. The van der Waals surface area contributed by atoms with E-state index in [1.54, 1.807) is 19.1 Å². The summed E-state index contributed by atoms with van der Waals surface area (Å²) < 4.78 is 37.4. The number of cyclic esters (lactones) is 1. The SMILES string of the molecule is CCOC(=O)/C=C1\[C@@H](C2CCCCC2)OC(=O)N1S(=O)(=O)c1ccc(C)cc1. The first kappa shape index (κ1) is 20.4. The average molecular weight is 407 g/mol. The molecule has 1 heterocycles. The summed E-state index contributed by atoms with van der Waals surface area (Å²) in [6.07, 6.45) is 4.03. The van der Waals surface area contributed by atoms with Gasteiger partial charge in [0.25, 0.3) is 10.0 Å². The molecular weight excluding hydrogens is 382 g/mol. The Labute approximate surface area is 165 Å². The van der Waals surface area contributed by atoms with E-state index in [1.165, 1.54) is 12.1 Å². The van der Waals surface area contributed by atoms with Gasteiger partial charge in [-0.15, -0.1) is 0 Å². The Balaban J connectivity index is 2.02. The van der Waals surface area contributed by atoms with Gasteiger partial charge in [0.1, 0.15) is 6.10 Å². The predicted octanol–water partition coefficient (Wildman–Crippen LogP) is 3.53. The third kappa shape index (κ3) is 4.06. The fourth-order valence-electron chi connectivity index (χ4n) is 3.71.